The van der Waals surface area contributed by atoms with E-state index in [1.54, 1.807) is 18.2 Å². The largest absolute Gasteiger partial charge is 0.385 e. The summed E-state index contributed by atoms with van der Waals surface area (Å²) < 4.78 is 0.836. The van der Waals surface area contributed by atoms with Crippen molar-refractivity contribution in [2.45, 2.75) is 5.60 Å². The molecule has 1 saturated heterocycles. The van der Waals surface area contributed by atoms with Gasteiger partial charge in [0.05, 0.1) is 5.56 Å². The third-order valence-electron chi connectivity index (χ3n) is 2.66. The van der Waals surface area contributed by atoms with E-state index in [2.05, 4.69) is 33.2 Å². The zero-order valence-electron chi connectivity index (χ0n) is 8.96. The van der Waals surface area contributed by atoms with Crippen molar-refractivity contribution in [1.82, 2.24) is 10.6 Å². The highest BCUT2D eigenvalue weighted by atomic mass is 127. The molecule has 1 aliphatic heterocycles. The Labute approximate surface area is 118 Å². The van der Waals surface area contributed by atoms with E-state index in [4.69, 9.17) is 11.6 Å². The van der Waals surface area contributed by atoms with E-state index in [0.717, 1.165) is 3.57 Å². The summed E-state index contributed by atoms with van der Waals surface area (Å²) in [5, 5.41) is 16.0. The predicted octanol–water partition coefficient (Wildman–Crippen LogP) is 1.01. The number of halogens is 2. The first-order valence-corrected chi connectivity index (χ1v) is 6.62. The van der Waals surface area contributed by atoms with Crippen molar-refractivity contribution in [2.24, 2.45) is 0 Å². The van der Waals surface area contributed by atoms with E-state index < -0.39 is 5.60 Å². The molecule has 1 aliphatic rings. The molecule has 1 aromatic carbocycles. The molecule has 6 heteroatoms. The van der Waals surface area contributed by atoms with Crippen LogP contribution in [0.25, 0.3) is 0 Å². The highest BCUT2D eigenvalue weighted by Crippen LogP contribution is 2.18. The minimum absolute atomic E-state index is 0.211. The summed E-state index contributed by atoms with van der Waals surface area (Å²) in [6.45, 7) is 1.28. The zero-order chi connectivity index (χ0) is 12.5. The van der Waals surface area contributed by atoms with Crippen LogP contribution in [0.2, 0.25) is 5.02 Å². The van der Waals surface area contributed by atoms with Crippen molar-refractivity contribution in [3.63, 3.8) is 0 Å². The van der Waals surface area contributed by atoms with Crippen LogP contribution < -0.4 is 10.6 Å². The van der Waals surface area contributed by atoms with Gasteiger partial charge in [0.15, 0.2) is 0 Å². The zero-order valence-corrected chi connectivity index (χ0v) is 11.9. The van der Waals surface area contributed by atoms with Crippen molar-refractivity contribution >= 4 is 40.1 Å². The number of rotatable bonds is 3. The van der Waals surface area contributed by atoms with E-state index in [1.165, 1.54) is 0 Å². The van der Waals surface area contributed by atoms with Gasteiger partial charge in [0.2, 0.25) is 0 Å². The minimum Gasteiger partial charge on any atom is -0.385 e. The first-order valence-electron chi connectivity index (χ1n) is 5.17. The lowest BCUT2D eigenvalue weighted by molar-refractivity contribution is -0.00760. The van der Waals surface area contributed by atoms with Gasteiger partial charge in [-0.15, -0.1) is 0 Å². The van der Waals surface area contributed by atoms with Gasteiger partial charge in [0.25, 0.3) is 5.91 Å². The summed E-state index contributed by atoms with van der Waals surface area (Å²) in [5.41, 5.74) is -0.270. The molecular weight excluding hydrogens is 354 g/mol. The van der Waals surface area contributed by atoms with Crippen molar-refractivity contribution in [3.05, 3.63) is 32.4 Å². The average molecular weight is 367 g/mol. The average Bonchev–Trinajstić information content (AvgIpc) is 2.26. The van der Waals surface area contributed by atoms with Gasteiger partial charge >= 0.3 is 0 Å². The van der Waals surface area contributed by atoms with Crippen LogP contribution in [0.5, 0.6) is 0 Å². The first kappa shape index (κ1) is 13.1. The summed E-state index contributed by atoms with van der Waals surface area (Å²) >= 11 is 7.93. The molecule has 17 heavy (non-hydrogen) atoms. The molecule has 0 aliphatic carbocycles. The fourth-order valence-electron chi connectivity index (χ4n) is 1.55. The smallest absolute Gasteiger partial charge is 0.252 e. The molecule has 4 nitrogen and oxygen atoms in total. The van der Waals surface area contributed by atoms with Crippen LogP contribution in [-0.2, 0) is 0 Å². The maximum Gasteiger partial charge on any atom is 0.252 e. The van der Waals surface area contributed by atoms with E-state index in [1.807, 2.05) is 0 Å². The Balaban J connectivity index is 2.01. The van der Waals surface area contributed by atoms with Crippen LogP contribution in [0.4, 0.5) is 0 Å². The van der Waals surface area contributed by atoms with E-state index in [-0.39, 0.29) is 12.5 Å². The summed E-state index contributed by atoms with van der Waals surface area (Å²) in [5.74, 6) is -0.211. The van der Waals surface area contributed by atoms with Gasteiger partial charge in [-0.25, -0.2) is 0 Å². The second-order valence-corrected chi connectivity index (χ2v) is 5.73. The molecule has 0 unspecified atom stereocenters. The van der Waals surface area contributed by atoms with Gasteiger partial charge in [-0.3, -0.25) is 4.79 Å². The van der Waals surface area contributed by atoms with Crippen molar-refractivity contribution in [3.8, 4) is 0 Å². The number of β-amino-alcohol motifs (C(OH)–C–C–N with tert-alkyl or cyclic N) is 1. The standard InChI is InChI=1S/C11H12ClIN2O2/c12-7-1-2-9(13)8(3-7)10(16)15-6-11(17)4-14-5-11/h1-3,14,17H,4-6H2,(H,15,16). The fraction of sp³-hybridized carbons (Fsp3) is 0.364. The lowest BCUT2D eigenvalue weighted by atomic mass is 9.97. The molecule has 3 N–H and O–H groups in total. The molecule has 0 spiro atoms. The normalized spacial score (nSPS) is 17.4. The van der Waals surface area contributed by atoms with Crippen LogP contribution in [0.15, 0.2) is 18.2 Å². The van der Waals surface area contributed by atoms with Gasteiger partial charge in [-0.2, -0.15) is 0 Å². The Morgan fingerprint density at radius 1 is 1.59 bits per heavy atom. The summed E-state index contributed by atoms with van der Waals surface area (Å²) in [4.78, 5) is 11.9. The highest BCUT2D eigenvalue weighted by molar-refractivity contribution is 14.1. The van der Waals surface area contributed by atoms with Crippen molar-refractivity contribution < 1.29 is 9.90 Å². The maximum atomic E-state index is 11.9. The van der Waals surface area contributed by atoms with Crippen LogP contribution in [-0.4, -0.2) is 36.2 Å². The molecule has 0 atom stereocenters. The molecule has 0 radical (unpaired) electrons. The van der Waals surface area contributed by atoms with Crippen LogP contribution >= 0.6 is 34.2 Å². The lowest BCUT2D eigenvalue weighted by Gasteiger charge is -2.37. The highest BCUT2D eigenvalue weighted by Gasteiger charge is 2.34. The van der Waals surface area contributed by atoms with Gasteiger partial charge < -0.3 is 15.7 Å². The number of hydrogen-bond acceptors (Lipinski definition) is 3. The number of carbonyl (C=O) groups excluding carboxylic acids is 1. The third-order valence-corrected chi connectivity index (χ3v) is 3.83. The second kappa shape index (κ2) is 5.09. The topological polar surface area (TPSA) is 61.4 Å². The summed E-state index contributed by atoms with van der Waals surface area (Å²) in [7, 11) is 0. The summed E-state index contributed by atoms with van der Waals surface area (Å²) in [6.07, 6.45) is 0. The third kappa shape index (κ3) is 3.09. The second-order valence-electron chi connectivity index (χ2n) is 4.13. The van der Waals surface area contributed by atoms with Crippen LogP contribution in [0, 0.1) is 3.57 Å². The van der Waals surface area contributed by atoms with Gasteiger partial charge in [0, 0.05) is 28.2 Å². The first-order chi connectivity index (χ1) is 8.00. The Hall–Kier alpha value is -0.370. The number of nitrogens with one attached hydrogen (secondary N) is 2. The van der Waals surface area contributed by atoms with E-state index in [9.17, 15) is 9.90 Å². The Kier molecular flexibility index (Phi) is 3.92. The molecule has 1 heterocycles. The Bertz CT molecular complexity index is 449. The molecule has 0 saturated carbocycles. The number of benzene rings is 1. The minimum atomic E-state index is -0.806. The van der Waals surface area contributed by atoms with Gasteiger partial charge in [-0.05, 0) is 40.8 Å². The van der Waals surface area contributed by atoms with Crippen LogP contribution in [0.1, 0.15) is 10.4 Å². The maximum absolute atomic E-state index is 11.9. The van der Waals surface area contributed by atoms with Gasteiger partial charge in [-0.1, -0.05) is 11.6 Å². The number of carbonyl (C=O) groups is 1. The Morgan fingerprint density at radius 2 is 2.29 bits per heavy atom. The number of aliphatic hydroxyl groups is 1. The molecule has 2 rings (SSSR count). The van der Waals surface area contributed by atoms with E-state index in [0.29, 0.717) is 23.7 Å². The van der Waals surface area contributed by atoms with Crippen LogP contribution in [0.3, 0.4) is 0 Å². The SMILES string of the molecule is O=C(NCC1(O)CNC1)c1cc(Cl)ccc1I. The van der Waals surface area contributed by atoms with Gasteiger partial charge in [0.1, 0.15) is 5.60 Å². The lowest BCUT2D eigenvalue weighted by Crippen LogP contribution is -2.64. The quantitative estimate of drug-likeness (QED) is 0.700. The molecule has 0 aromatic heterocycles. The molecule has 92 valence electrons. The fourth-order valence-corrected chi connectivity index (χ4v) is 2.30. The molecular formula is C11H12ClIN2O2. The molecule has 0 bridgehead atoms. The Morgan fingerprint density at radius 3 is 2.88 bits per heavy atom. The van der Waals surface area contributed by atoms with Crippen molar-refractivity contribution in [1.29, 1.82) is 0 Å². The molecule has 1 fully saturated rings. The van der Waals surface area contributed by atoms with E-state index >= 15 is 0 Å². The number of amides is 1. The summed E-state index contributed by atoms with van der Waals surface area (Å²) in [6, 6.07) is 5.16. The van der Waals surface area contributed by atoms with Crippen molar-refractivity contribution in [2.75, 3.05) is 19.6 Å². The monoisotopic (exact) mass is 366 g/mol. The molecule has 1 aromatic rings. The number of hydrogen-bond donors (Lipinski definition) is 3. The predicted molar refractivity (Wildman–Crippen MR) is 74.3 cm³/mol. The molecule has 1 amide bonds.